The van der Waals surface area contributed by atoms with Crippen LogP contribution in [0.5, 0.6) is 0 Å². The van der Waals surface area contributed by atoms with Crippen LogP contribution in [0.4, 0.5) is 0 Å². The van der Waals surface area contributed by atoms with Crippen LogP contribution in [-0.4, -0.2) is 17.0 Å². The van der Waals surface area contributed by atoms with E-state index in [0.29, 0.717) is 12.2 Å². The van der Waals surface area contributed by atoms with Crippen LogP contribution in [0.25, 0.3) is 0 Å². The lowest BCUT2D eigenvalue weighted by atomic mass is 10.2. The van der Waals surface area contributed by atoms with Gasteiger partial charge in [0, 0.05) is 12.2 Å². The highest BCUT2D eigenvalue weighted by Crippen LogP contribution is 1.97. The van der Waals surface area contributed by atoms with E-state index in [-0.39, 0.29) is 18.0 Å². The summed E-state index contributed by atoms with van der Waals surface area (Å²) in [6.07, 6.45) is 1.92. The summed E-state index contributed by atoms with van der Waals surface area (Å²) >= 11 is 0. The van der Waals surface area contributed by atoms with Crippen LogP contribution in [0.1, 0.15) is 31.0 Å². The number of aromatic nitrogens is 1. The predicted molar refractivity (Wildman–Crippen MR) is 68.1 cm³/mol. The third-order valence-corrected chi connectivity index (χ3v) is 2.67. The first kappa shape index (κ1) is 14.0. The van der Waals surface area contributed by atoms with E-state index >= 15 is 0 Å². The first-order chi connectivity index (χ1) is 8.60. The van der Waals surface area contributed by atoms with Gasteiger partial charge in [0.15, 0.2) is 0 Å². The number of nitrogens with zero attached hydrogens (tertiary/aromatic N) is 2. The number of amides is 1. The normalized spacial score (nSPS) is 9.83. The smallest absolute Gasteiger partial charge is 0.269 e. The molecule has 0 aliphatic heterocycles. The van der Waals surface area contributed by atoms with Gasteiger partial charge in [-0.2, -0.15) is 5.26 Å². The molecule has 5 nitrogen and oxygen atoms in total. The Balaban J connectivity index is 2.82. The molecule has 1 amide bonds. The second kappa shape index (κ2) is 6.60. The summed E-state index contributed by atoms with van der Waals surface area (Å²) in [6.45, 7) is 4.35. The molecule has 1 heterocycles. The summed E-state index contributed by atoms with van der Waals surface area (Å²) in [5, 5.41) is 11.5. The summed E-state index contributed by atoms with van der Waals surface area (Å²) in [5.41, 5.74) is 0.315. The number of rotatable bonds is 5. The van der Waals surface area contributed by atoms with Gasteiger partial charge in [-0.3, -0.25) is 9.59 Å². The predicted octanol–water partition coefficient (Wildman–Crippen LogP) is 0.945. The van der Waals surface area contributed by atoms with Crippen molar-refractivity contribution in [3.63, 3.8) is 0 Å². The SMILES string of the molecule is CCCCNC(=O)Cn1c(C)ccc(C#N)c1=O. The van der Waals surface area contributed by atoms with Gasteiger partial charge in [-0.25, -0.2) is 0 Å². The molecule has 0 aliphatic carbocycles. The zero-order chi connectivity index (χ0) is 13.5. The number of carbonyl (C=O) groups excluding carboxylic acids is 1. The van der Waals surface area contributed by atoms with Gasteiger partial charge in [0.25, 0.3) is 5.56 Å². The number of pyridine rings is 1. The van der Waals surface area contributed by atoms with E-state index in [9.17, 15) is 9.59 Å². The Morgan fingerprint density at radius 1 is 1.50 bits per heavy atom. The number of carbonyl (C=O) groups is 1. The molecule has 0 saturated heterocycles. The molecule has 0 aliphatic rings. The van der Waals surface area contributed by atoms with Crippen LogP contribution >= 0.6 is 0 Å². The molecular formula is C13H17N3O2. The van der Waals surface area contributed by atoms with Gasteiger partial charge < -0.3 is 9.88 Å². The summed E-state index contributed by atoms with van der Waals surface area (Å²) in [5.74, 6) is -0.205. The highest BCUT2D eigenvalue weighted by Gasteiger charge is 2.09. The van der Waals surface area contributed by atoms with Crippen molar-refractivity contribution in [1.82, 2.24) is 9.88 Å². The van der Waals surface area contributed by atoms with E-state index in [1.807, 2.05) is 13.0 Å². The van der Waals surface area contributed by atoms with E-state index < -0.39 is 5.56 Å². The lowest BCUT2D eigenvalue weighted by molar-refractivity contribution is -0.121. The number of nitrogens with one attached hydrogen (secondary N) is 1. The molecular weight excluding hydrogens is 230 g/mol. The van der Waals surface area contributed by atoms with Crippen molar-refractivity contribution >= 4 is 5.91 Å². The zero-order valence-corrected chi connectivity index (χ0v) is 10.7. The molecule has 18 heavy (non-hydrogen) atoms. The molecule has 1 aromatic heterocycles. The van der Waals surface area contributed by atoms with E-state index in [2.05, 4.69) is 5.32 Å². The maximum Gasteiger partial charge on any atom is 0.269 e. The first-order valence-electron chi connectivity index (χ1n) is 5.97. The van der Waals surface area contributed by atoms with Crippen LogP contribution in [-0.2, 0) is 11.3 Å². The average molecular weight is 247 g/mol. The molecule has 5 heteroatoms. The molecule has 0 saturated carbocycles. The van der Waals surface area contributed by atoms with Crippen molar-refractivity contribution in [1.29, 1.82) is 5.26 Å². The van der Waals surface area contributed by atoms with Crippen molar-refractivity contribution in [3.8, 4) is 6.07 Å². The van der Waals surface area contributed by atoms with Gasteiger partial charge in [-0.15, -0.1) is 0 Å². The summed E-state index contributed by atoms with van der Waals surface area (Å²) in [7, 11) is 0. The van der Waals surface area contributed by atoms with Crippen LogP contribution in [0.2, 0.25) is 0 Å². The number of hydrogen-bond donors (Lipinski definition) is 1. The molecule has 0 aromatic carbocycles. The second-order valence-electron chi connectivity index (χ2n) is 4.09. The summed E-state index contributed by atoms with van der Waals surface area (Å²) in [6, 6.07) is 4.96. The molecule has 0 radical (unpaired) electrons. The standard InChI is InChI=1S/C13H17N3O2/c1-3-4-7-15-12(17)9-16-10(2)5-6-11(8-14)13(16)18/h5-6H,3-4,7,9H2,1-2H3,(H,15,17). The highest BCUT2D eigenvalue weighted by molar-refractivity contribution is 5.75. The molecule has 1 N–H and O–H groups in total. The number of nitriles is 1. The van der Waals surface area contributed by atoms with Gasteiger partial charge in [0.2, 0.25) is 5.91 Å². The Labute approximate surface area is 106 Å². The fraction of sp³-hybridized carbons (Fsp3) is 0.462. The molecule has 0 bridgehead atoms. The molecule has 0 atom stereocenters. The minimum Gasteiger partial charge on any atom is -0.355 e. The Bertz CT molecular complexity index is 526. The number of hydrogen-bond acceptors (Lipinski definition) is 3. The summed E-state index contributed by atoms with van der Waals surface area (Å²) in [4.78, 5) is 23.5. The van der Waals surface area contributed by atoms with Gasteiger partial charge in [-0.1, -0.05) is 13.3 Å². The van der Waals surface area contributed by atoms with Gasteiger partial charge in [0.1, 0.15) is 18.2 Å². The third-order valence-electron chi connectivity index (χ3n) is 2.67. The van der Waals surface area contributed by atoms with E-state index in [1.165, 1.54) is 10.6 Å². The average Bonchev–Trinajstić information content (AvgIpc) is 2.35. The van der Waals surface area contributed by atoms with Crippen molar-refractivity contribution in [2.24, 2.45) is 0 Å². The third kappa shape index (κ3) is 3.45. The van der Waals surface area contributed by atoms with Crippen LogP contribution in [0.15, 0.2) is 16.9 Å². The quantitative estimate of drug-likeness (QED) is 0.787. The molecule has 1 rings (SSSR count). The van der Waals surface area contributed by atoms with Crippen molar-refractivity contribution < 1.29 is 4.79 Å². The maximum absolute atomic E-state index is 11.8. The minimum absolute atomic E-state index is 0.0378. The molecule has 96 valence electrons. The monoisotopic (exact) mass is 247 g/mol. The van der Waals surface area contributed by atoms with E-state index in [0.717, 1.165) is 12.8 Å². The largest absolute Gasteiger partial charge is 0.355 e. The Morgan fingerprint density at radius 2 is 2.22 bits per heavy atom. The van der Waals surface area contributed by atoms with Gasteiger partial charge in [0.05, 0.1) is 0 Å². The number of aryl methyl sites for hydroxylation is 1. The Kier molecular flexibility index (Phi) is 5.12. The van der Waals surface area contributed by atoms with Crippen molar-refractivity contribution in [2.75, 3.05) is 6.54 Å². The lowest BCUT2D eigenvalue weighted by Gasteiger charge is -2.10. The Morgan fingerprint density at radius 3 is 2.83 bits per heavy atom. The molecule has 0 spiro atoms. The molecule has 0 fully saturated rings. The summed E-state index contributed by atoms with van der Waals surface area (Å²) < 4.78 is 1.32. The van der Waals surface area contributed by atoms with Gasteiger partial charge in [-0.05, 0) is 25.5 Å². The second-order valence-corrected chi connectivity index (χ2v) is 4.09. The first-order valence-corrected chi connectivity index (χ1v) is 5.97. The maximum atomic E-state index is 11.8. The minimum atomic E-state index is -0.414. The van der Waals surface area contributed by atoms with Crippen LogP contribution in [0, 0.1) is 18.3 Å². The van der Waals surface area contributed by atoms with E-state index in [1.54, 1.807) is 13.0 Å². The molecule has 0 unspecified atom stereocenters. The van der Waals surface area contributed by atoms with E-state index in [4.69, 9.17) is 5.26 Å². The zero-order valence-electron chi connectivity index (χ0n) is 10.7. The fourth-order valence-electron chi connectivity index (χ4n) is 1.56. The molecule has 1 aromatic rings. The van der Waals surface area contributed by atoms with Gasteiger partial charge >= 0.3 is 0 Å². The van der Waals surface area contributed by atoms with Crippen LogP contribution < -0.4 is 10.9 Å². The number of unbranched alkanes of at least 4 members (excludes halogenated alkanes) is 1. The van der Waals surface area contributed by atoms with Crippen LogP contribution in [0.3, 0.4) is 0 Å². The Hall–Kier alpha value is -2.09. The topological polar surface area (TPSA) is 74.9 Å². The fourth-order valence-corrected chi connectivity index (χ4v) is 1.56. The van der Waals surface area contributed by atoms with Crippen molar-refractivity contribution in [2.45, 2.75) is 33.2 Å². The van der Waals surface area contributed by atoms with Crippen molar-refractivity contribution in [3.05, 3.63) is 33.7 Å². The lowest BCUT2D eigenvalue weighted by Crippen LogP contribution is -2.34. The highest BCUT2D eigenvalue weighted by atomic mass is 16.2.